The number of piperidine rings is 1. The first-order chi connectivity index (χ1) is 14.0. The van der Waals surface area contributed by atoms with Crippen LogP contribution in [0.2, 0.25) is 5.02 Å². The fourth-order valence-electron chi connectivity index (χ4n) is 3.24. The number of aromatic nitrogens is 2. The maximum Gasteiger partial charge on any atom is 0.270 e. The number of carbonyl (C=O) groups is 2. The number of rotatable bonds is 7. The minimum Gasteiger partial charge on any atom is -0.355 e. The predicted molar refractivity (Wildman–Crippen MR) is 113 cm³/mol. The van der Waals surface area contributed by atoms with Crippen molar-refractivity contribution >= 4 is 23.4 Å². The van der Waals surface area contributed by atoms with Crippen molar-refractivity contribution in [3.05, 3.63) is 47.2 Å². The third-order valence-electron chi connectivity index (χ3n) is 4.85. The predicted octanol–water partition coefficient (Wildman–Crippen LogP) is 2.52. The minimum atomic E-state index is -0.207. The lowest BCUT2D eigenvalue weighted by Gasteiger charge is -2.31. The summed E-state index contributed by atoms with van der Waals surface area (Å²) in [5.74, 6) is 0.342. The summed E-state index contributed by atoms with van der Waals surface area (Å²) in [5.41, 5.74) is 1.14. The molecule has 0 spiro atoms. The number of nitrogens with one attached hydrogen (secondary N) is 2. The monoisotopic (exact) mass is 415 g/mol. The fourth-order valence-corrected chi connectivity index (χ4v) is 3.37. The van der Waals surface area contributed by atoms with Crippen molar-refractivity contribution in [3.8, 4) is 11.4 Å². The molecular formula is C21H26ClN5O2. The molecule has 2 aromatic rings. The zero-order valence-corrected chi connectivity index (χ0v) is 17.3. The molecular weight excluding hydrogens is 390 g/mol. The second-order valence-corrected chi connectivity index (χ2v) is 7.58. The number of amides is 2. The highest BCUT2D eigenvalue weighted by atomic mass is 35.5. The van der Waals surface area contributed by atoms with Crippen LogP contribution < -0.4 is 10.6 Å². The van der Waals surface area contributed by atoms with Gasteiger partial charge in [-0.2, -0.15) is 0 Å². The van der Waals surface area contributed by atoms with Gasteiger partial charge in [0.25, 0.3) is 5.91 Å². The second kappa shape index (κ2) is 10.3. The number of halogens is 1. The average molecular weight is 416 g/mol. The topological polar surface area (TPSA) is 87.2 Å². The Morgan fingerprint density at radius 1 is 1.17 bits per heavy atom. The van der Waals surface area contributed by atoms with Gasteiger partial charge in [0.1, 0.15) is 5.69 Å². The van der Waals surface area contributed by atoms with E-state index in [1.807, 2.05) is 19.1 Å². The van der Waals surface area contributed by atoms with E-state index in [2.05, 4.69) is 25.5 Å². The Hall–Kier alpha value is -2.51. The number of carbonyl (C=O) groups excluding carboxylic acids is 2. The van der Waals surface area contributed by atoms with Gasteiger partial charge in [-0.25, -0.2) is 9.97 Å². The zero-order chi connectivity index (χ0) is 20.6. The average Bonchev–Trinajstić information content (AvgIpc) is 2.74. The van der Waals surface area contributed by atoms with Crippen LogP contribution in [-0.2, 0) is 4.79 Å². The van der Waals surface area contributed by atoms with Crippen molar-refractivity contribution in [2.75, 3.05) is 26.2 Å². The van der Waals surface area contributed by atoms with Crippen LogP contribution in [-0.4, -0.2) is 58.9 Å². The van der Waals surface area contributed by atoms with Crippen molar-refractivity contribution < 1.29 is 9.59 Å². The Morgan fingerprint density at radius 3 is 2.59 bits per heavy atom. The highest BCUT2D eigenvalue weighted by molar-refractivity contribution is 6.30. The van der Waals surface area contributed by atoms with Crippen molar-refractivity contribution in [2.24, 2.45) is 0 Å². The molecule has 7 nitrogen and oxygen atoms in total. The SMILES string of the molecule is CCCNC(=O)CN1CCC(NC(=O)c2ccnc(-c3ccc(Cl)cc3)n2)CC1. The van der Waals surface area contributed by atoms with Gasteiger partial charge in [-0.1, -0.05) is 18.5 Å². The van der Waals surface area contributed by atoms with Crippen LogP contribution in [0.25, 0.3) is 11.4 Å². The Bertz CT molecular complexity index is 835. The molecule has 2 amide bonds. The summed E-state index contributed by atoms with van der Waals surface area (Å²) < 4.78 is 0. The molecule has 0 bridgehead atoms. The molecule has 1 fully saturated rings. The number of hydrogen-bond donors (Lipinski definition) is 2. The van der Waals surface area contributed by atoms with Crippen molar-refractivity contribution in [1.29, 1.82) is 0 Å². The highest BCUT2D eigenvalue weighted by Crippen LogP contribution is 2.18. The molecule has 0 unspecified atom stereocenters. The lowest BCUT2D eigenvalue weighted by Crippen LogP contribution is -2.47. The van der Waals surface area contributed by atoms with Gasteiger partial charge in [0.2, 0.25) is 5.91 Å². The van der Waals surface area contributed by atoms with Gasteiger partial charge in [-0.05, 0) is 49.6 Å². The molecule has 2 heterocycles. The molecule has 1 aliphatic heterocycles. The summed E-state index contributed by atoms with van der Waals surface area (Å²) in [5, 5.41) is 6.58. The van der Waals surface area contributed by atoms with Crippen molar-refractivity contribution in [1.82, 2.24) is 25.5 Å². The Morgan fingerprint density at radius 2 is 1.90 bits per heavy atom. The first-order valence-corrected chi connectivity index (χ1v) is 10.3. The first-order valence-electron chi connectivity index (χ1n) is 9.94. The van der Waals surface area contributed by atoms with Crippen LogP contribution in [0.1, 0.15) is 36.7 Å². The summed E-state index contributed by atoms with van der Waals surface area (Å²) >= 11 is 5.92. The van der Waals surface area contributed by atoms with Gasteiger partial charge in [-0.3, -0.25) is 14.5 Å². The largest absolute Gasteiger partial charge is 0.355 e. The van der Waals surface area contributed by atoms with E-state index in [9.17, 15) is 9.59 Å². The van der Waals surface area contributed by atoms with Crippen LogP contribution in [0, 0.1) is 0 Å². The molecule has 0 radical (unpaired) electrons. The minimum absolute atomic E-state index is 0.0602. The van der Waals surface area contributed by atoms with Gasteiger partial charge in [0, 0.05) is 42.5 Å². The Labute approximate surface area is 175 Å². The third kappa shape index (κ3) is 6.24. The molecule has 8 heteroatoms. The lowest BCUT2D eigenvalue weighted by atomic mass is 10.0. The van der Waals surface area contributed by atoms with Crippen LogP contribution in [0.15, 0.2) is 36.5 Å². The second-order valence-electron chi connectivity index (χ2n) is 7.15. The van der Waals surface area contributed by atoms with Crippen LogP contribution in [0.3, 0.4) is 0 Å². The van der Waals surface area contributed by atoms with Gasteiger partial charge in [-0.15, -0.1) is 0 Å². The summed E-state index contributed by atoms with van der Waals surface area (Å²) in [7, 11) is 0. The van der Waals surface area contributed by atoms with Crippen LogP contribution >= 0.6 is 11.6 Å². The van der Waals surface area contributed by atoms with Crippen LogP contribution in [0.5, 0.6) is 0 Å². The summed E-state index contributed by atoms with van der Waals surface area (Å²) in [6, 6.07) is 8.87. The fraction of sp³-hybridized carbons (Fsp3) is 0.429. The first kappa shape index (κ1) is 21.2. The summed E-state index contributed by atoms with van der Waals surface area (Å²) in [6.45, 7) is 4.72. The van der Waals surface area contributed by atoms with E-state index >= 15 is 0 Å². The molecule has 3 rings (SSSR count). The van der Waals surface area contributed by atoms with E-state index in [1.165, 1.54) is 0 Å². The Kier molecular flexibility index (Phi) is 7.55. The molecule has 1 aromatic heterocycles. The summed E-state index contributed by atoms with van der Waals surface area (Å²) in [4.78, 5) is 35.2. The zero-order valence-electron chi connectivity index (χ0n) is 16.5. The van der Waals surface area contributed by atoms with E-state index in [-0.39, 0.29) is 17.9 Å². The smallest absolute Gasteiger partial charge is 0.270 e. The van der Waals surface area contributed by atoms with E-state index in [1.54, 1.807) is 24.4 Å². The molecule has 154 valence electrons. The standard InChI is InChI=1S/C21H26ClN5O2/c1-2-10-23-19(28)14-27-12-8-17(9-13-27)25-21(29)18-7-11-24-20(26-18)15-3-5-16(22)6-4-15/h3-7,11,17H,2,8-10,12-14H2,1H3,(H,23,28)(H,25,29). The third-order valence-corrected chi connectivity index (χ3v) is 5.10. The number of hydrogen-bond acceptors (Lipinski definition) is 5. The van der Waals surface area contributed by atoms with Crippen molar-refractivity contribution in [3.63, 3.8) is 0 Å². The molecule has 2 N–H and O–H groups in total. The normalized spacial score (nSPS) is 15.1. The molecule has 1 aromatic carbocycles. The quantitative estimate of drug-likeness (QED) is 0.725. The van der Waals surface area contributed by atoms with Crippen molar-refractivity contribution in [2.45, 2.75) is 32.2 Å². The van der Waals surface area contributed by atoms with Crippen LogP contribution in [0.4, 0.5) is 0 Å². The maximum atomic E-state index is 12.6. The van der Waals surface area contributed by atoms with Gasteiger partial charge in [0.15, 0.2) is 5.82 Å². The highest BCUT2D eigenvalue weighted by Gasteiger charge is 2.23. The van der Waals surface area contributed by atoms with E-state index in [0.29, 0.717) is 29.6 Å². The van der Waals surface area contributed by atoms with Gasteiger partial charge < -0.3 is 10.6 Å². The molecule has 0 atom stereocenters. The molecule has 1 saturated heterocycles. The van der Waals surface area contributed by atoms with Gasteiger partial charge in [0.05, 0.1) is 6.54 Å². The maximum absolute atomic E-state index is 12.6. The van der Waals surface area contributed by atoms with Gasteiger partial charge >= 0.3 is 0 Å². The molecule has 29 heavy (non-hydrogen) atoms. The number of likely N-dealkylation sites (tertiary alicyclic amines) is 1. The molecule has 0 aliphatic carbocycles. The molecule has 0 saturated carbocycles. The van der Waals surface area contributed by atoms with E-state index < -0.39 is 0 Å². The lowest BCUT2D eigenvalue weighted by molar-refractivity contribution is -0.122. The van der Waals surface area contributed by atoms with E-state index in [4.69, 9.17) is 11.6 Å². The number of nitrogens with zero attached hydrogens (tertiary/aromatic N) is 3. The number of benzene rings is 1. The molecule has 1 aliphatic rings. The Balaban J connectivity index is 1.52. The summed E-state index contributed by atoms with van der Waals surface area (Å²) in [6.07, 6.45) is 4.13. The van der Waals surface area contributed by atoms with E-state index in [0.717, 1.165) is 37.9 Å².